The molecule has 0 saturated carbocycles. The molecule has 21 heavy (non-hydrogen) atoms. The van der Waals surface area contributed by atoms with Crippen molar-refractivity contribution in [2.75, 3.05) is 7.11 Å². The molecule has 0 heterocycles. The molecule has 1 aromatic rings. The van der Waals surface area contributed by atoms with E-state index in [-0.39, 0.29) is 5.41 Å². The quantitative estimate of drug-likeness (QED) is 0.785. The van der Waals surface area contributed by atoms with E-state index in [4.69, 9.17) is 4.74 Å². The Morgan fingerprint density at radius 1 is 1.10 bits per heavy atom. The lowest BCUT2D eigenvalue weighted by Crippen LogP contribution is -2.38. The van der Waals surface area contributed by atoms with E-state index in [0.29, 0.717) is 5.78 Å². The van der Waals surface area contributed by atoms with Crippen molar-refractivity contribution < 1.29 is 9.53 Å². The molecule has 1 aromatic carbocycles. The normalized spacial score (nSPS) is 18.7. The standard InChI is InChI=1S/C19H28O2/c1-7-9-19(10-8-2)15-12-14(21-6)11-13(3)16(15)18(4,5)17(19)20/h11-12H,7-10H2,1-6H3. The van der Waals surface area contributed by atoms with E-state index in [1.165, 1.54) is 16.7 Å². The number of fused-ring (bicyclic) bond motifs is 1. The van der Waals surface area contributed by atoms with Gasteiger partial charge in [-0.15, -0.1) is 0 Å². The molecule has 1 aliphatic rings. The lowest BCUT2D eigenvalue weighted by Gasteiger charge is -2.30. The Balaban J connectivity index is 2.77. The van der Waals surface area contributed by atoms with Gasteiger partial charge >= 0.3 is 0 Å². The Bertz CT molecular complexity index is 549. The van der Waals surface area contributed by atoms with Gasteiger partial charge in [0, 0.05) is 5.41 Å². The van der Waals surface area contributed by atoms with Crippen LogP contribution in [-0.2, 0) is 15.6 Å². The monoisotopic (exact) mass is 288 g/mol. The molecule has 0 aliphatic heterocycles. The first-order valence-electron chi connectivity index (χ1n) is 8.09. The highest BCUT2D eigenvalue weighted by atomic mass is 16.5. The molecule has 0 saturated heterocycles. The van der Waals surface area contributed by atoms with Crippen molar-refractivity contribution in [3.8, 4) is 5.75 Å². The number of rotatable bonds is 5. The van der Waals surface area contributed by atoms with Crippen LogP contribution >= 0.6 is 0 Å². The molecule has 0 atom stereocenters. The summed E-state index contributed by atoms with van der Waals surface area (Å²) in [7, 11) is 1.70. The van der Waals surface area contributed by atoms with Crippen LogP contribution < -0.4 is 4.74 Å². The minimum absolute atomic E-state index is 0.318. The van der Waals surface area contributed by atoms with Gasteiger partial charge < -0.3 is 4.74 Å². The van der Waals surface area contributed by atoms with E-state index < -0.39 is 5.41 Å². The SMILES string of the molecule is CCCC1(CCC)C(=O)C(C)(C)c2c(C)cc(OC)cc21. The number of carbonyl (C=O) groups is 1. The lowest BCUT2D eigenvalue weighted by atomic mass is 9.71. The van der Waals surface area contributed by atoms with Gasteiger partial charge in [-0.05, 0) is 62.4 Å². The van der Waals surface area contributed by atoms with Crippen LogP contribution in [-0.4, -0.2) is 12.9 Å². The van der Waals surface area contributed by atoms with E-state index in [2.05, 4.69) is 46.8 Å². The minimum Gasteiger partial charge on any atom is -0.497 e. The predicted molar refractivity (Wildman–Crippen MR) is 87.3 cm³/mol. The number of hydrogen-bond acceptors (Lipinski definition) is 2. The average Bonchev–Trinajstić information content (AvgIpc) is 2.59. The molecule has 2 rings (SSSR count). The number of hydrogen-bond donors (Lipinski definition) is 0. The summed E-state index contributed by atoms with van der Waals surface area (Å²) in [5.74, 6) is 1.26. The van der Waals surface area contributed by atoms with Gasteiger partial charge in [0.25, 0.3) is 0 Å². The van der Waals surface area contributed by atoms with Crippen LogP contribution in [0, 0.1) is 6.92 Å². The Hall–Kier alpha value is -1.31. The maximum Gasteiger partial charge on any atom is 0.153 e. The second kappa shape index (κ2) is 5.47. The zero-order valence-electron chi connectivity index (χ0n) is 14.3. The molecular formula is C19H28O2. The van der Waals surface area contributed by atoms with Crippen molar-refractivity contribution in [2.45, 2.75) is 71.1 Å². The highest BCUT2D eigenvalue weighted by Crippen LogP contribution is 2.53. The molecule has 0 bridgehead atoms. The molecule has 2 nitrogen and oxygen atoms in total. The molecule has 0 unspecified atom stereocenters. The maximum absolute atomic E-state index is 13.3. The van der Waals surface area contributed by atoms with Crippen molar-refractivity contribution >= 4 is 5.78 Å². The zero-order chi connectivity index (χ0) is 15.8. The van der Waals surface area contributed by atoms with Crippen LogP contribution in [0.2, 0.25) is 0 Å². The van der Waals surface area contributed by atoms with Crippen LogP contribution in [0.15, 0.2) is 12.1 Å². The van der Waals surface area contributed by atoms with Crippen molar-refractivity contribution in [3.63, 3.8) is 0 Å². The van der Waals surface area contributed by atoms with Gasteiger partial charge in [-0.1, -0.05) is 26.7 Å². The van der Waals surface area contributed by atoms with Crippen LogP contribution in [0.4, 0.5) is 0 Å². The Labute approximate surface area is 128 Å². The number of benzene rings is 1. The summed E-state index contributed by atoms with van der Waals surface area (Å²) in [5, 5.41) is 0. The van der Waals surface area contributed by atoms with E-state index >= 15 is 0 Å². The molecule has 0 radical (unpaired) electrons. The van der Waals surface area contributed by atoms with Gasteiger partial charge in [0.1, 0.15) is 5.75 Å². The van der Waals surface area contributed by atoms with Crippen LogP contribution in [0.1, 0.15) is 70.1 Å². The summed E-state index contributed by atoms with van der Waals surface area (Å²) in [5.41, 5.74) is 2.92. The Morgan fingerprint density at radius 2 is 1.67 bits per heavy atom. The summed E-state index contributed by atoms with van der Waals surface area (Å²) in [6.07, 6.45) is 3.92. The summed E-state index contributed by atoms with van der Waals surface area (Å²) in [6, 6.07) is 4.17. The van der Waals surface area contributed by atoms with Crippen molar-refractivity contribution in [1.29, 1.82) is 0 Å². The summed E-state index contributed by atoms with van der Waals surface area (Å²) >= 11 is 0. The minimum atomic E-state index is -0.393. The largest absolute Gasteiger partial charge is 0.497 e. The third kappa shape index (κ3) is 2.20. The number of ketones is 1. The molecule has 0 fully saturated rings. The van der Waals surface area contributed by atoms with Gasteiger partial charge in [-0.3, -0.25) is 4.79 Å². The topological polar surface area (TPSA) is 26.3 Å². The molecule has 116 valence electrons. The number of ether oxygens (including phenoxy) is 1. The van der Waals surface area contributed by atoms with Gasteiger partial charge in [-0.25, -0.2) is 0 Å². The smallest absolute Gasteiger partial charge is 0.153 e. The van der Waals surface area contributed by atoms with E-state index in [0.717, 1.165) is 31.4 Å². The van der Waals surface area contributed by atoms with Crippen molar-refractivity contribution in [3.05, 3.63) is 28.8 Å². The second-order valence-electron chi connectivity index (χ2n) is 6.90. The highest BCUT2D eigenvalue weighted by Gasteiger charge is 2.55. The van der Waals surface area contributed by atoms with Crippen LogP contribution in [0.25, 0.3) is 0 Å². The van der Waals surface area contributed by atoms with Gasteiger partial charge in [0.2, 0.25) is 0 Å². The van der Waals surface area contributed by atoms with Gasteiger partial charge in [0.05, 0.1) is 12.5 Å². The highest BCUT2D eigenvalue weighted by molar-refractivity contribution is 6.03. The second-order valence-corrected chi connectivity index (χ2v) is 6.90. The summed E-state index contributed by atoms with van der Waals surface area (Å²) in [4.78, 5) is 13.3. The number of methoxy groups -OCH3 is 1. The third-order valence-corrected chi connectivity index (χ3v) is 5.04. The molecule has 2 heteroatoms. The number of aryl methyl sites for hydroxylation is 1. The van der Waals surface area contributed by atoms with Gasteiger partial charge in [-0.2, -0.15) is 0 Å². The summed E-state index contributed by atoms with van der Waals surface area (Å²) < 4.78 is 5.46. The zero-order valence-corrected chi connectivity index (χ0v) is 14.3. The summed E-state index contributed by atoms with van der Waals surface area (Å²) in [6.45, 7) is 10.6. The Morgan fingerprint density at radius 3 is 2.14 bits per heavy atom. The lowest BCUT2D eigenvalue weighted by molar-refractivity contribution is -0.128. The maximum atomic E-state index is 13.3. The third-order valence-electron chi connectivity index (χ3n) is 5.04. The molecule has 0 amide bonds. The van der Waals surface area contributed by atoms with E-state index in [1.54, 1.807) is 7.11 Å². The molecule has 0 spiro atoms. The van der Waals surface area contributed by atoms with Crippen molar-refractivity contribution in [2.24, 2.45) is 0 Å². The fraction of sp³-hybridized carbons (Fsp3) is 0.632. The average molecular weight is 288 g/mol. The molecular weight excluding hydrogens is 260 g/mol. The predicted octanol–water partition coefficient (Wildman–Crippen LogP) is 4.70. The fourth-order valence-corrected chi connectivity index (χ4v) is 4.39. The number of carbonyl (C=O) groups excluding carboxylic acids is 1. The fourth-order valence-electron chi connectivity index (χ4n) is 4.39. The van der Waals surface area contributed by atoms with Gasteiger partial charge in [0.15, 0.2) is 5.78 Å². The first-order chi connectivity index (χ1) is 9.85. The first kappa shape index (κ1) is 16.1. The van der Waals surface area contributed by atoms with Crippen molar-refractivity contribution in [1.82, 2.24) is 0 Å². The van der Waals surface area contributed by atoms with E-state index in [1.807, 2.05) is 0 Å². The molecule has 0 aromatic heterocycles. The molecule has 0 N–H and O–H groups in total. The first-order valence-corrected chi connectivity index (χ1v) is 8.09. The van der Waals surface area contributed by atoms with Crippen LogP contribution in [0.5, 0.6) is 5.75 Å². The van der Waals surface area contributed by atoms with E-state index in [9.17, 15) is 4.79 Å². The number of Topliss-reactive ketones (excluding diaryl/α,β-unsaturated/α-hetero) is 1. The molecule has 1 aliphatic carbocycles. The van der Waals surface area contributed by atoms with Crippen LogP contribution in [0.3, 0.4) is 0 Å². The Kier molecular flexibility index (Phi) is 4.19.